The molecule has 0 saturated carbocycles. The van der Waals surface area contributed by atoms with Crippen molar-refractivity contribution in [1.82, 2.24) is 10.6 Å². The largest absolute Gasteiger partial charge is 0.467 e. The molecule has 3 N–H and O–H groups in total. The molecule has 172 valence electrons. The first-order chi connectivity index (χ1) is 14.4. The van der Waals surface area contributed by atoms with E-state index >= 15 is 0 Å². The Morgan fingerprint density at radius 3 is 2.29 bits per heavy atom. The van der Waals surface area contributed by atoms with Crippen molar-refractivity contribution in [2.75, 3.05) is 12.4 Å². The zero-order chi connectivity index (χ0) is 23.8. The molecular weight excluding hydrogens is 409 g/mol. The van der Waals surface area contributed by atoms with E-state index in [1.165, 1.54) is 26.2 Å². The van der Waals surface area contributed by atoms with Crippen LogP contribution in [-0.2, 0) is 30.3 Å². The number of carbonyl (C=O) groups is 4. The first kappa shape index (κ1) is 25.9. The maximum absolute atomic E-state index is 14.5. The second kappa shape index (κ2) is 11.3. The molecule has 0 saturated heterocycles. The molecule has 3 amide bonds. The normalized spacial score (nSPS) is 12.9. The molecule has 1 rings (SSSR count). The fourth-order valence-corrected chi connectivity index (χ4v) is 2.45. The quantitative estimate of drug-likeness (QED) is 0.534. The highest BCUT2D eigenvalue weighted by atomic mass is 19.1. The van der Waals surface area contributed by atoms with Gasteiger partial charge >= 0.3 is 12.1 Å². The van der Waals surface area contributed by atoms with Gasteiger partial charge < -0.3 is 25.4 Å². The zero-order valence-electron chi connectivity index (χ0n) is 18.6. The summed E-state index contributed by atoms with van der Waals surface area (Å²) in [6, 6.07) is 2.06. The molecule has 10 heteroatoms. The van der Waals surface area contributed by atoms with E-state index in [4.69, 9.17) is 4.74 Å². The van der Waals surface area contributed by atoms with E-state index < -0.39 is 41.5 Å². The van der Waals surface area contributed by atoms with Gasteiger partial charge in [0.1, 0.15) is 23.5 Å². The highest BCUT2D eigenvalue weighted by molar-refractivity contribution is 5.96. The minimum Gasteiger partial charge on any atom is -0.467 e. The van der Waals surface area contributed by atoms with Crippen molar-refractivity contribution in [2.45, 2.75) is 65.1 Å². The minimum absolute atomic E-state index is 0.0140. The van der Waals surface area contributed by atoms with Gasteiger partial charge in [-0.05, 0) is 45.4 Å². The van der Waals surface area contributed by atoms with Gasteiger partial charge in [0.25, 0.3) is 0 Å². The predicted octanol–water partition coefficient (Wildman–Crippen LogP) is 2.29. The summed E-state index contributed by atoms with van der Waals surface area (Å²) in [7, 11) is 1.19. The van der Waals surface area contributed by atoms with Crippen molar-refractivity contribution in [1.29, 1.82) is 0 Å². The van der Waals surface area contributed by atoms with Crippen LogP contribution >= 0.6 is 0 Å². The van der Waals surface area contributed by atoms with Gasteiger partial charge in [-0.3, -0.25) is 9.59 Å². The molecule has 1 aromatic carbocycles. The van der Waals surface area contributed by atoms with Crippen molar-refractivity contribution >= 4 is 29.6 Å². The van der Waals surface area contributed by atoms with Gasteiger partial charge in [0.15, 0.2) is 0 Å². The Balaban J connectivity index is 2.80. The van der Waals surface area contributed by atoms with Crippen LogP contribution in [0.5, 0.6) is 0 Å². The Morgan fingerprint density at radius 2 is 1.77 bits per heavy atom. The first-order valence-electron chi connectivity index (χ1n) is 9.82. The number of alkyl carbamates (subject to hydrolysis) is 1. The maximum atomic E-state index is 14.5. The summed E-state index contributed by atoms with van der Waals surface area (Å²) in [6.45, 7) is 8.13. The first-order valence-corrected chi connectivity index (χ1v) is 9.82. The van der Waals surface area contributed by atoms with E-state index in [2.05, 4.69) is 20.7 Å². The van der Waals surface area contributed by atoms with Gasteiger partial charge in [0, 0.05) is 12.8 Å². The second-order valence-electron chi connectivity index (χ2n) is 7.87. The van der Waals surface area contributed by atoms with Crippen molar-refractivity contribution in [3.8, 4) is 0 Å². The monoisotopic (exact) mass is 439 g/mol. The van der Waals surface area contributed by atoms with Gasteiger partial charge in [0.05, 0.1) is 12.8 Å². The molecule has 1 aromatic rings. The Hall–Kier alpha value is -3.17. The van der Waals surface area contributed by atoms with Gasteiger partial charge in [-0.25, -0.2) is 14.0 Å². The number of nitrogens with one attached hydrogen (secondary N) is 3. The summed E-state index contributed by atoms with van der Waals surface area (Å²) in [5.74, 6) is -2.37. The third kappa shape index (κ3) is 9.02. The van der Waals surface area contributed by atoms with Gasteiger partial charge in [0.2, 0.25) is 11.8 Å². The van der Waals surface area contributed by atoms with Gasteiger partial charge in [-0.1, -0.05) is 13.0 Å². The lowest BCUT2D eigenvalue weighted by atomic mass is 10.0. The van der Waals surface area contributed by atoms with Gasteiger partial charge in [-0.2, -0.15) is 0 Å². The van der Waals surface area contributed by atoms with Crippen molar-refractivity contribution in [2.24, 2.45) is 0 Å². The molecule has 0 fully saturated rings. The van der Waals surface area contributed by atoms with Crippen LogP contribution in [-0.4, -0.2) is 48.7 Å². The third-order valence-corrected chi connectivity index (χ3v) is 4.00. The summed E-state index contributed by atoms with van der Waals surface area (Å²) < 4.78 is 24.2. The summed E-state index contributed by atoms with van der Waals surface area (Å²) >= 11 is 0. The minimum atomic E-state index is -0.970. The SMILES string of the molecule is CCC(=O)N[C@H](Cc1ccc(NC(=O)[C@H](C)NC(=O)OC(C)(C)C)c(F)c1)C(=O)OC. The lowest BCUT2D eigenvalue weighted by Crippen LogP contribution is -2.44. The smallest absolute Gasteiger partial charge is 0.408 e. The van der Waals surface area contributed by atoms with Gasteiger partial charge in [-0.15, -0.1) is 0 Å². The molecule has 0 aliphatic rings. The van der Waals surface area contributed by atoms with Crippen LogP contribution in [0.4, 0.5) is 14.9 Å². The molecule has 0 aliphatic heterocycles. The number of benzene rings is 1. The lowest BCUT2D eigenvalue weighted by Gasteiger charge is -2.21. The predicted molar refractivity (Wildman–Crippen MR) is 112 cm³/mol. The Morgan fingerprint density at radius 1 is 1.13 bits per heavy atom. The summed E-state index contributed by atoms with van der Waals surface area (Å²) in [6.07, 6.45) is -0.573. The fraction of sp³-hybridized carbons (Fsp3) is 0.524. The molecule has 0 unspecified atom stereocenters. The molecule has 2 atom stereocenters. The van der Waals surface area contributed by atoms with Crippen molar-refractivity contribution in [3.05, 3.63) is 29.6 Å². The fourth-order valence-electron chi connectivity index (χ4n) is 2.45. The molecule has 0 aromatic heterocycles. The van der Waals surface area contributed by atoms with E-state index in [9.17, 15) is 23.6 Å². The third-order valence-electron chi connectivity index (χ3n) is 4.00. The molecule has 9 nitrogen and oxygen atoms in total. The van der Waals surface area contributed by atoms with Crippen LogP contribution in [0.25, 0.3) is 0 Å². The number of carbonyl (C=O) groups excluding carboxylic acids is 4. The Kier molecular flexibility index (Phi) is 9.41. The molecule has 0 aliphatic carbocycles. The maximum Gasteiger partial charge on any atom is 0.408 e. The van der Waals surface area contributed by atoms with Crippen LogP contribution in [0.15, 0.2) is 18.2 Å². The van der Waals surface area contributed by atoms with Crippen molar-refractivity contribution < 1.29 is 33.0 Å². The van der Waals surface area contributed by atoms with E-state index in [0.717, 1.165) is 6.07 Å². The number of ether oxygens (including phenoxy) is 2. The average Bonchev–Trinajstić information content (AvgIpc) is 2.66. The van der Waals surface area contributed by atoms with Crippen LogP contribution < -0.4 is 16.0 Å². The molecular formula is C21H30FN3O6. The average molecular weight is 439 g/mol. The zero-order valence-corrected chi connectivity index (χ0v) is 18.6. The topological polar surface area (TPSA) is 123 Å². The lowest BCUT2D eigenvalue weighted by molar-refractivity contribution is -0.145. The summed E-state index contributed by atoms with van der Waals surface area (Å²) in [5, 5.41) is 7.28. The molecule has 0 spiro atoms. The van der Waals surface area contributed by atoms with Crippen molar-refractivity contribution in [3.63, 3.8) is 0 Å². The molecule has 31 heavy (non-hydrogen) atoms. The van der Waals surface area contributed by atoms with Crippen LogP contribution in [0.1, 0.15) is 46.6 Å². The summed E-state index contributed by atoms with van der Waals surface area (Å²) in [4.78, 5) is 47.5. The van der Waals surface area contributed by atoms with E-state index in [-0.39, 0.29) is 24.4 Å². The number of halogens is 1. The number of hydrogen-bond donors (Lipinski definition) is 3. The number of amides is 3. The number of hydrogen-bond acceptors (Lipinski definition) is 6. The van der Waals surface area contributed by atoms with Crippen LogP contribution in [0.2, 0.25) is 0 Å². The molecule has 0 bridgehead atoms. The van der Waals surface area contributed by atoms with Crippen LogP contribution in [0.3, 0.4) is 0 Å². The Bertz CT molecular complexity index is 822. The standard InChI is InChI=1S/C21H30FN3O6/c1-7-17(26)24-16(19(28)30-6)11-13-8-9-15(14(22)10-13)25-18(27)12(2)23-20(29)31-21(3,4)5/h8-10,12,16H,7,11H2,1-6H3,(H,23,29)(H,24,26)(H,25,27)/t12-,16+/m0/s1. The Labute approximate surface area is 181 Å². The summed E-state index contributed by atoms with van der Waals surface area (Å²) in [5.41, 5.74) is -0.401. The second-order valence-corrected chi connectivity index (χ2v) is 7.87. The highest BCUT2D eigenvalue weighted by Gasteiger charge is 2.23. The molecule has 0 heterocycles. The van der Waals surface area contributed by atoms with E-state index in [1.54, 1.807) is 27.7 Å². The number of esters is 1. The number of rotatable bonds is 8. The van der Waals surface area contributed by atoms with E-state index in [0.29, 0.717) is 5.56 Å². The van der Waals surface area contributed by atoms with Crippen LogP contribution in [0, 0.1) is 5.82 Å². The van der Waals surface area contributed by atoms with E-state index in [1.807, 2.05) is 0 Å². The number of methoxy groups -OCH3 is 1. The number of anilines is 1. The highest BCUT2D eigenvalue weighted by Crippen LogP contribution is 2.18. The molecule has 0 radical (unpaired) electrons.